The fraction of sp³-hybridized carbons (Fsp3) is 0.0952. The second-order valence-electron chi connectivity index (χ2n) is 6.72. The molecule has 0 fully saturated rings. The summed E-state index contributed by atoms with van der Waals surface area (Å²) in [6.07, 6.45) is 3.68. The molecule has 0 spiro atoms. The van der Waals surface area contributed by atoms with Gasteiger partial charge in [0.15, 0.2) is 5.82 Å². The lowest BCUT2D eigenvalue weighted by Crippen LogP contribution is -2.04. The number of methoxy groups -OCH3 is 1. The fourth-order valence-electron chi connectivity index (χ4n) is 3.42. The van der Waals surface area contributed by atoms with Crippen molar-refractivity contribution in [3.8, 4) is 39.8 Å². The molecule has 0 radical (unpaired) electrons. The average molecular weight is 398 g/mol. The van der Waals surface area contributed by atoms with E-state index in [0.29, 0.717) is 23.0 Å². The molecule has 0 amide bonds. The molecule has 0 unspecified atom stereocenters. The van der Waals surface area contributed by atoms with Gasteiger partial charge < -0.3 is 10.5 Å². The van der Waals surface area contributed by atoms with Crippen molar-refractivity contribution in [2.24, 2.45) is 0 Å². The van der Waals surface area contributed by atoms with Gasteiger partial charge in [0, 0.05) is 12.4 Å². The normalized spacial score (nSPS) is 11.1. The fourth-order valence-corrected chi connectivity index (χ4v) is 3.42. The second-order valence-corrected chi connectivity index (χ2v) is 6.72. The Labute approximate surface area is 171 Å². The summed E-state index contributed by atoms with van der Waals surface area (Å²) in [6, 6.07) is 13.7. The molecule has 0 aliphatic carbocycles. The number of nitrogens with one attached hydrogen (secondary N) is 1. The molecule has 0 aliphatic rings. The predicted molar refractivity (Wildman–Crippen MR) is 113 cm³/mol. The van der Waals surface area contributed by atoms with E-state index in [4.69, 9.17) is 15.5 Å². The number of nitrogens with two attached hydrogens (primary N) is 1. The number of hydrogen-bond donors (Lipinski definition) is 2. The third kappa shape index (κ3) is 3.02. The van der Waals surface area contributed by atoms with E-state index in [2.05, 4.69) is 25.1 Å². The first-order valence-electron chi connectivity index (χ1n) is 9.27. The van der Waals surface area contributed by atoms with Crippen molar-refractivity contribution in [2.45, 2.75) is 6.92 Å². The average Bonchev–Trinajstić information content (AvgIpc) is 3.40. The monoisotopic (exact) mass is 398 g/mol. The van der Waals surface area contributed by atoms with E-state index in [1.54, 1.807) is 20.2 Å². The van der Waals surface area contributed by atoms with Gasteiger partial charge in [0.05, 0.1) is 12.8 Å². The number of hydrogen-bond acceptors (Lipinski definition) is 7. The molecule has 4 heterocycles. The summed E-state index contributed by atoms with van der Waals surface area (Å²) in [4.78, 5) is 17.8. The van der Waals surface area contributed by atoms with E-state index in [9.17, 15) is 0 Å². The zero-order valence-corrected chi connectivity index (χ0v) is 16.4. The van der Waals surface area contributed by atoms with Crippen molar-refractivity contribution in [3.63, 3.8) is 0 Å². The lowest BCUT2D eigenvalue weighted by Gasteiger charge is -2.08. The Balaban J connectivity index is 1.78. The first-order chi connectivity index (χ1) is 14.6. The highest BCUT2D eigenvalue weighted by Gasteiger charge is 2.20. The summed E-state index contributed by atoms with van der Waals surface area (Å²) in [6.45, 7) is 1.78. The van der Waals surface area contributed by atoms with Crippen LogP contribution in [0.4, 0.5) is 5.95 Å². The lowest BCUT2D eigenvalue weighted by molar-refractivity contribution is 0.415. The summed E-state index contributed by atoms with van der Waals surface area (Å²) in [5, 5.41) is 7.03. The van der Waals surface area contributed by atoms with Gasteiger partial charge in [0.25, 0.3) is 0 Å². The Morgan fingerprint density at radius 2 is 1.90 bits per heavy atom. The first-order valence-corrected chi connectivity index (χ1v) is 9.27. The van der Waals surface area contributed by atoms with Gasteiger partial charge in [0.2, 0.25) is 5.95 Å². The predicted octanol–water partition coefficient (Wildman–Crippen LogP) is 3.14. The van der Waals surface area contributed by atoms with Crippen LogP contribution in [-0.4, -0.2) is 41.6 Å². The Bertz CT molecular complexity index is 1340. The van der Waals surface area contributed by atoms with Crippen LogP contribution in [0.15, 0.2) is 54.9 Å². The van der Waals surface area contributed by atoms with Gasteiger partial charge in [-0.05, 0) is 48.4 Å². The van der Waals surface area contributed by atoms with Crippen molar-refractivity contribution >= 4 is 11.6 Å². The van der Waals surface area contributed by atoms with Gasteiger partial charge in [-0.2, -0.15) is 15.1 Å². The maximum Gasteiger partial charge on any atom is 0.223 e. The maximum atomic E-state index is 5.91. The van der Waals surface area contributed by atoms with Crippen LogP contribution >= 0.6 is 0 Å². The summed E-state index contributed by atoms with van der Waals surface area (Å²) < 4.78 is 7.32. The summed E-state index contributed by atoms with van der Waals surface area (Å²) in [5.74, 6) is 1.93. The van der Waals surface area contributed by atoms with Crippen LogP contribution in [0.5, 0.6) is 5.75 Å². The van der Waals surface area contributed by atoms with Gasteiger partial charge in [-0.15, -0.1) is 0 Å². The second kappa shape index (κ2) is 6.96. The van der Waals surface area contributed by atoms with Crippen LogP contribution in [0.2, 0.25) is 0 Å². The van der Waals surface area contributed by atoms with Gasteiger partial charge >= 0.3 is 0 Å². The third-order valence-corrected chi connectivity index (χ3v) is 4.75. The number of fused-ring (bicyclic) bond motifs is 1. The number of aryl methyl sites for hydroxylation is 1. The Morgan fingerprint density at radius 3 is 2.67 bits per heavy atom. The molecule has 1 aromatic carbocycles. The number of rotatable bonds is 4. The molecule has 148 valence electrons. The van der Waals surface area contributed by atoms with E-state index in [-0.39, 0.29) is 5.95 Å². The maximum absolute atomic E-state index is 5.91. The lowest BCUT2D eigenvalue weighted by atomic mass is 10.1. The van der Waals surface area contributed by atoms with Crippen molar-refractivity contribution in [3.05, 3.63) is 60.7 Å². The molecule has 5 aromatic rings. The van der Waals surface area contributed by atoms with Crippen LogP contribution in [-0.2, 0) is 0 Å². The summed E-state index contributed by atoms with van der Waals surface area (Å²) in [5.41, 5.74) is 10.8. The van der Waals surface area contributed by atoms with E-state index in [1.807, 2.05) is 53.1 Å². The van der Waals surface area contributed by atoms with E-state index >= 15 is 0 Å². The molecular formula is C21H18N8O. The van der Waals surface area contributed by atoms with Crippen LogP contribution in [0, 0.1) is 6.92 Å². The molecule has 4 aromatic heterocycles. The molecule has 9 nitrogen and oxygen atoms in total. The number of anilines is 1. The van der Waals surface area contributed by atoms with E-state index in [1.165, 1.54) is 0 Å². The highest BCUT2D eigenvalue weighted by molar-refractivity contribution is 5.79. The summed E-state index contributed by atoms with van der Waals surface area (Å²) >= 11 is 0. The van der Waals surface area contributed by atoms with Crippen molar-refractivity contribution < 1.29 is 4.74 Å². The standard InChI is InChI=1S/C21H18N8O/c1-12-24-20(27-21(22)25-12)19-18(16-8-9-23-28-16)26-17-7-6-14(11-29(17)19)13-4-3-5-15(10-13)30-2/h3-11H,1-2H3,(H,23,28)(H2,22,24,25,27). The molecule has 5 rings (SSSR count). The largest absolute Gasteiger partial charge is 0.497 e. The molecule has 3 N–H and O–H groups in total. The Morgan fingerprint density at radius 1 is 1.00 bits per heavy atom. The van der Waals surface area contributed by atoms with Crippen LogP contribution < -0.4 is 10.5 Å². The molecule has 0 atom stereocenters. The zero-order valence-electron chi connectivity index (χ0n) is 16.4. The molecule has 30 heavy (non-hydrogen) atoms. The van der Waals surface area contributed by atoms with Crippen molar-refractivity contribution in [1.29, 1.82) is 0 Å². The third-order valence-electron chi connectivity index (χ3n) is 4.75. The minimum Gasteiger partial charge on any atom is -0.497 e. The van der Waals surface area contributed by atoms with Crippen molar-refractivity contribution in [2.75, 3.05) is 12.8 Å². The minimum absolute atomic E-state index is 0.159. The SMILES string of the molecule is COc1cccc(-c2ccc3nc(-c4ccn[nH]4)c(-c4nc(C)nc(N)n4)n3c2)c1. The quantitative estimate of drug-likeness (QED) is 0.477. The van der Waals surface area contributed by atoms with E-state index < -0.39 is 0 Å². The smallest absolute Gasteiger partial charge is 0.223 e. The molecule has 0 bridgehead atoms. The van der Waals surface area contributed by atoms with E-state index in [0.717, 1.165) is 28.2 Å². The number of benzene rings is 1. The first kappa shape index (κ1) is 17.8. The molecular weight excluding hydrogens is 380 g/mol. The van der Waals surface area contributed by atoms with Gasteiger partial charge in [0.1, 0.15) is 28.6 Å². The van der Waals surface area contributed by atoms with Crippen LogP contribution in [0.1, 0.15) is 5.82 Å². The number of aromatic nitrogens is 7. The highest BCUT2D eigenvalue weighted by Crippen LogP contribution is 2.32. The number of pyridine rings is 1. The number of ether oxygens (including phenoxy) is 1. The van der Waals surface area contributed by atoms with Crippen LogP contribution in [0.25, 0.3) is 39.7 Å². The minimum atomic E-state index is 0.159. The van der Waals surface area contributed by atoms with Gasteiger partial charge in [-0.1, -0.05) is 12.1 Å². The number of aromatic amines is 1. The van der Waals surface area contributed by atoms with Gasteiger partial charge in [-0.25, -0.2) is 9.97 Å². The number of nitrogen functional groups attached to an aromatic ring is 1. The number of nitrogens with zero attached hydrogens (tertiary/aromatic N) is 6. The van der Waals surface area contributed by atoms with Crippen LogP contribution in [0.3, 0.4) is 0 Å². The zero-order chi connectivity index (χ0) is 20.7. The molecule has 0 aliphatic heterocycles. The van der Waals surface area contributed by atoms with Gasteiger partial charge in [-0.3, -0.25) is 9.50 Å². The number of H-pyrrole nitrogens is 1. The van der Waals surface area contributed by atoms with Crippen molar-refractivity contribution in [1.82, 2.24) is 34.5 Å². The molecule has 0 saturated heterocycles. The topological polar surface area (TPSA) is 120 Å². The number of imidazole rings is 1. The highest BCUT2D eigenvalue weighted by atomic mass is 16.5. The Kier molecular flexibility index (Phi) is 4.13. The molecule has 0 saturated carbocycles. The molecule has 9 heteroatoms. The Hall–Kier alpha value is -4.27. The summed E-state index contributed by atoms with van der Waals surface area (Å²) in [7, 11) is 1.65.